The highest BCUT2D eigenvalue weighted by Crippen LogP contribution is 2.34. The van der Waals surface area contributed by atoms with Gasteiger partial charge in [0.2, 0.25) is 11.8 Å². The molecule has 0 spiro atoms. The Hall–Kier alpha value is -5.52. The van der Waals surface area contributed by atoms with Gasteiger partial charge in [-0.1, -0.05) is 192 Å². The highest BCUT2D eigenvalue weighted by atomic mass is 28.3. The zero-order chi connectivity index (χ0) is 35.1. The van der Waals surface area contributed by atoms with E-state index in [1.807, 2.05) is 97.1 Å². The molecular formula is C46H46N2O2Si. The van der Waals surface area contributed by atoms with Crippen molar-refractivity contribution in [3.05, 3.63) is 204 Å². The largest absolute Gasteiger partial charge is 0.352 e. The van der Waals surface area contributed by atoms with Crippen LogP contribution in [0, 0.1) is 5.92 Å². The number of carbonyl (C=O) groups is 2. The third kappa shape index (κ3) is 9.38. The molecule has 2 amide bonds. The van der Waals surface area contributed by atoms with Crippen molar-refractivity contribution in [1.82, 2.24) is 10.6 Å². The van der Waals surface area contributed by atoms with Crippen LogP contribution >= 0.6 is 0 Å². The molecule has 0 saturated carbocycles. The quantitative estimate of drug-likeness (QED) is 0.102. The second-order valence-electron chi connectivity index (χ2n) is 13.3. The van der Waals surface area contributed by atoms with Crippen molar-refractivity contribution in [1.29, 1.82) is 0 Å². The average molecular weight is 687 g/mol. The van der Waals surface area contributed by atoms with Crippen molar-refractivity contribution in [3.63, 3.8) is 0 Å². The van der Waals surface area contributed by atoms with Crippen LogP contribution in [-0.2, 0) is 35.5 Å². The smallest absolute Gasteiger partial charge is 0.223 e. The molecule has 5 heteroatoms. The molecule has 0 aliphatic rings. The Balaban J connectivity index is 1.42. The first-order valence-electron chi connectivity index (χ1n) is 17.9. The minimum absolute atomic E-state index is 0.0415. The van der Waals surface area contributed by atoms with E-state index in [9.17, 15) is 9.59 Å². The van der Waals surface area contributed by atoms with Gasteiger partial charge in [-0.2, -0.15) is 0 Å². The van der Waals surface area contributed by atoms with Gasteiger partial charge in [0.25, 0.3) is 0 Å². The molecule has 51 heavy (non-hydrogen) atoms. The monoisotopic (exact) mass is 686 g/mol. The lowest BCUT2D eigenvalue weighted by molar-refractivity contribution is -0.125. The number of carbonyl (C=O) groups excluding carboxylic acids is 2. The Morgan fingerprint density at radius 1 is 0.431 bits per heavy atom. The molecule has 0 aliphatic heterocycles. The van der Waals surface area contributed by atoms with Gasteiger partial charge in [-0.15, -0.1) is 0 Å². The molecule has 0 fully saturated rings. The Labute approximate surface area is 303 Å². The minimum Gasteiger partial charge on any atom is -0.352 e. The average Bonchev–Trinajstić information content (AvgIpc) is 3.20. The van der Waals surface area contributed by atoms with Gasteiger partial charge in [-0.25, -0.2) is 0 Å². The second-order valence-corrected chi connectivity index (χ2v) is 17.6. The van der Waals surface area contributed by atoms with Crippen LogP contribution in [0.4, 0.5) is 0 Å². The van der Waals surface area contributed by atoms with Crippen molar-refractivity contribution in [2.75, 3.05) is 0 Å². The van der Waals surface area contributed by atoms with Crippen LogP contribution in [0.15, 0.2) is 182 Å². The summed E-state index contributed by atoms with van der Waals surface area (Å²) in [4.78, 5) is 29.1. The highest BCUT2D eigenvalue weighted by molar-refractivity contribution is 7.05. The summed E-state index contributed by atoms with van der Waals surface area (Å²) < 4.78 is 0. The second kappa shape index (κ2) is 17.9. The number of hydrogen-bond acceptors (Lipinski definition) is 2. The van der Waals surface area contributed by atoms with Crippen LogP contribution in [0.3, 0.4) is 0 Å². The summed E-state index contributed by atoms with van der Waals surface area (Å²) in [5, 5.41) is 9.04. The maximum atomic E-state index is 14.9. The summed E-state index contributed by atoms with van der Waals surface area (Å²) in [5.74, 6) is -0.185. The fourth-order valence-electron chi connectivity index (χ4n) is 7.31. The number of hydrogen-bond donors (Lipinski definition) is 2. The predicted octanol–water partition coefficient (Wildman–Crippen LogP) is 7.74. The standard InChI is InChI=1S/C46H46N2O2Si/c49-45(47-35-39-23-11-3-12-24-39)41(33-37-19-7-1-8-20-37)31-32-51(42-27-15-5-16-28-42,43-29-17-6-18-30-43)44(34-38-21-9-2-10-22-38)46(50)48-36-40-25-13-4-14-26-40/h1-30,41,44H,31-36H2,(H,47,49)(H,48,50). The van der Waals surface area contributed by atoms with E-state index in [1.54, 1.807) is 0 Å². The zero-order valence-corrected chi connectivity index (χ0v) is 30.0. The van der Waals surface area contributed by atoms with Crippen LogP contribution in [0.2, 0.25) is 11.6 Å². The first-order chi connectivity index (χ1) is 25.1. The van der Waals surface area contributed by atoms with E-state index < -0.39 is 8.07 Å². The first kappa shape index (κ1) is 35.3. The van der Waals surface area contributed by atoms with E-state index in [4.69, 9.17) is 0 Å². The third-order valence-corrected chi connectivity index (χ3v) is 15.4. The van der Waals surface area contributed by atoms with Crippen LogP contribution in [0.25, 0.3) is 0 Å². The molecule has 2 unspecified atom stereocenters. The molecule has 0 bridgehead atoms. The molecule has 0 aromatic heterocycles. The van der Waals surface area contributed by atoms with Crippen molar-refractivity contribution in [3.8, 4) is 0 Å². The molecule has 256 valence electrons. The summed E-state index contributed by atoms with van der Waals surface area (Å²) >= 11 is 0. The van der Waals surface area contributed by atoms with Crippen LogP contribution < -0.4 is 21.0 Å². The molecule has 2 N–H and O–H groups in total. The topological polar surface area (TPSA) is 58.2 Å². The third-order valence-electron chi connectivity index (χ3n) is 9.97. The zero-order valence-electron chi connectivity index (χ0n) is 29.0. The van der Waals surface area contributed by atoms with Gasteiger partial charge in [0, 0.05) is 24.5 Å². The molecular weight excluding hydrogens is 641 g/mol. The molecule has 6 rings (SSSR count). The summed E-state index contributed by atoms with van der Waals surface area (Å²) in [6.45, 7) is 0.932. The van der Waals surface area contributed by atoms with Gasteiger partial charge in [0.15, 0.2) is 0 Å². The Morgan fingerprint density at radius 2 is 0.784 bits per heavy atom. The van der Waals surface area contributed by atoms with E-state index in [-0.39, 0.29) is 23.3 Å². The SMILES string of the molecule is O=C(NCc1ccccc1)C(CC[Si](c1ccccc1)(c1ccccc1)C(Cc1ccccc1)C(=O)NCc1ccccc1)Cc1ccccc1. The molecule has 4 nitrogen and oxygen atoms in total. The predicted molar refractivity (Wildman–Crippen MR) is 211 cm³/mol. The summed E-state index contributed by atoms with van der Waals surface area (Å²) in [6, 6.07) is 62.9. The Bertz CT molecular complexity index is 1880. The van der Waals surface area contributed by atoms with Gasteiger partial charge in [-0.3, -0.25) is 9.59 Å². The molecule has 0 aliphatic carbocycles. The van der Waals surface area contributed by atoms with E-state index >= 15 is 0 Å². The molecule has 0 radical (unpaired) electrons. The summed E-state index contributed by atoms with van der Waals surface area (Å²) in [5.41, 5.74) is 4.06. The van der Waals surface area contributed by atoms with Crippen LogP contribution in [0.5, 0.6) is 0 Å². The molecule has 6 aromatic rings. The van der Waals surface area contributed by atoms with E-state index in [0.29, 0.717) is 32.4 Å². The van der Waals surface area contributed by atoms with Gasteiger partial charge in [-0.05, 0) is 47.6 Å². The maximum absolute atomic E-state index is 14.9. The fraction of sp³-hybridized carbons (Fsp3) is 0.174. The lowest BCUT2D eigenvalue weighted by Gasteiger charge is -2.40. The highest BCUT2D eigenvalue weighted by Gasteiger charge is 2.48. The Kier molecular flexibility index (Phi) is 12.4. The van der Waals surface area contributed by atoms with E-state index in [0.717, 1.165) is 28.3 Å². The summed E-state index contributed by atoms with van der Waals surface area (Å²) in [7, 11) is -2.97. The summed E-state index contributed by atoms with van der Waals surface area (Å²) in [6.07, 6.45) is 1.86. The van der Waals surface area contributed by atoms with Gasteiger partial charge >= 0.3 is 0 Å². The van der Waals surface area contributed by atoms with Crippen molar-refractivity contribution in [2.45, 2.75) is 43.9 Å². The number of nitrogens with one attached hydrogen (secondary N) is 2. The van der Waals surface area contributed by atoms with Gasteiger partial charge in [0.1, 0.15) is 8.07 Å². The van der Waals surface area contributed by atoms with Crippen molar-refractivity contribution in [2.24, 2.45) is 5.92 Å². The molecule has 0 heterocycles. The van der Waals surface area contributed by atoms with Gasteiger partial charge < -0.3 is 10.6 Å². The fourth-order valence-corrected chi connectivity index (χ4v) is 12.9. The van der Waals surface area contributed by atoms with Gasteiger partial charge in [0.05, 0.1) is 0 Å². The van der Waals surface area contributed by atoms with Crippen molar-refractivity contribution >= 4 is 30.3 Å². The number of amides is 2. The molecule has 6 aromatic carbocycles. The molecule has 2 atom stereocenters. The molecule has 0 saturated heterocycles. The normalized spacial score (nSPS) is 12.4. The minimum atomic E-state index is -2.97. The van der Waals surface area contributed by atoms with E-state index in [1.165, 1.54) is 10.4 Å². The van der Waals surface area contributed by atoms with Crippen LogP contribution in [-0.4, -0.2) is 19.9 Å². The lowest BCUT2D eigenvalue weighted by atomic mass is 9.96. The van der Waals surface area contributed by atoms with Crippen LogP contribution in [0.1, 0.15) is 28.7 Å². The number of benzene rings is 6. The lowest BCUT2D eigenvalue weighted by Crippen LogP contribution is -2.65. The first-order valence-corrected chi connectivity index (χ1v) is 20.2. The number of rotatable bonds is 16. The van der Waals surface area contributed by atoms with Crippen molar-refractivity contribution < 1.29 is 9.59 Å². The Morgan fingerprint density at radius 3 is 1.22 bits per heavy atom. The van der Waals surface area contributed by atoms with E-state index in [2.05, 4.69) is 95.6 Å². The maximum Gasteiger partial charge on any atom is 0.223 e.